The van der Waals surface area contributed by atoms with Crippen LogP contribution < -0.4 is 5.32 Å². The van der Waals surface area contributed by atoms with Gasteiger partial charge in [-0.2, -0.15) is 0 Å². The Balaban J connectivity index is 1.48. The molecule has 2 fully saturated rings. The zero-order chi connectivity index (χ0) is 18.1. The number of nitrogens with one attached hydrogen (secondary N) is 1. The van der Waals surface area contributed by atoms with Crippen LogP contribution in [0.5, 0.6) is 0 Å². The Hall–Kier alpha value is -2.68. The molecule has 2 saturated heterocycles. The van der Waals surface area contributed by atoms with E-state index in [0.29, 0.717) is 30.3 Å². The predicted octanol–water partition coefficient (Wildman–Crippen LogP) is 2.65. The van der Waals surface area contributed by atoms with Crippen molar-refractivity contribution in [1.29, 1.82) is 0 Å². The highest BCUT2D eigenvalue weighted by Gasteiger charge is 2.47. The van der Waals surface area contributed by atoms with Crippen LogP contribution in [0.3, 0.4) is 0 Å². The number of amides is 3. The van der Waals surface area contributed by atoms with Crippen LogP contribution in [0.4, 0.5) is 14.6 Å². The Labute approximate surface area is 154 Å². The minimum atomic E-state index is -0.602. The van der Waals surface area contributed by atoms with Crippen LogP contribution in [-0.2, 0) is 4.74 Å². The first-order chi connectivity index (χ1) is 12.6. The summed E-state index contributed by atoms with van der Waals surface area (Å²) in [7, 11) is 1.71. The van der Waals surface area contributed by atoms with E-state index in [1.165, 1.54) is 0 Å². The van der Waals surface area contributed by atoms with Crippen molar-refractivity contribution in [2.75, 3.05) is 32.0 Å². The molecule has 0 unspecified atom stereocenters. The Kier molecular flexibility index (Phi) is 4.23. The second-order valence-corrected chi connectivity index (χ2v) is 7.43. The van der Waals surface area contributed by atoms with Gasteiger partial charge in [0.2, 0.25) is 0 Å². The Morgan fingerprint density at radius 2 is 2.12 bits per heavy atom. The first-order valence-corrected chi connectivity index (χ1v) is 9.21. The third-order valence-corrected chi connectivity index (χ3v) is 5.36. The minimum absolute atomic E-state index is 0.224. The summed E-state index contributed by atoms with van der Waals surface area (Å²) in [5, 5.41) is 7.66. The number of likely N-dealkylation sites (N-methyl/N-ethyl adjacent to an activating group) is 1. The van der Waals surface area contributed by atoms with E-state index in [2.05, 4.69) is 14.9 Å². The zero-order valence-corrected chi connectivity index (χ0v) is 15.2. The highest BCUT2D eigenvalue weighted by molar-refractivity contribution is 7.10. The van der Waals surface area contributed by atoms with Crippen molar-refractivity contribution in [3.63, 3.8) is 0 Å². The van der Waals surface area contributed by atoms with Gasteiger partial charge in [0.15, 0.2) is 0 Å². The van der Waals surface area contributed by atoms with E-state index < -0.39 is 5.60 Å². The van der Waals surface area contributed by atoms with Crippen LogP contribution in [0.2, 0.25) is 0 Å². The number of nitrogens with zero attached hydrogens (tertiary/aromatic N) is 4. The van der Waals surface area contributed by atoms with Crippen molar-refractivity contribution in [3.05, 3.63) is 30.3 Å². The molecular formula is C17H19N5O3S. The van der Waals surface area contributed by atoms with Gasteiger partial charge in [-0.25, -0.2) is 9.59 Å². The lowest BCUT2D eigenvalue weighted by Crippen LogP contribution is -2.53. The molecule has 3 amide bonds. The summed E-state index contributed by atoms with van der Waals surface area (Å²) in [6.07, 6.45) is 1.23. The maximum atomic E-state index is 12.8. The summed E-state index contributed by atoms with van der Waals surface area (Å²) >= 11 is 1.15. The van der Waals surface area contributed by atoms with Gasteiger partial charge >= 0.3 is 12.1 Å². The molecule has 1 spiro atoms. The van der Waals surface area contributed by atoms with E-state index in [0.717, 1.165) is 29.9 Å². The number of hydrogen-bond donors (Lipinski definition) is 1. The number of anilines is 1. The molecule has 2 aliphatic heterocycles. The molecule has 4 rings (SSSR count). The molecule has 8 nitrogen and oxygen atoms in total. The number of carbonyl (C=O) groups excluding carboxylic acids is 2. The number of benzene rings is 1. The number of carbonyl (C=O) groups is 2. The Morgan fingerprint density at radius 3 is 2.85 bits per heavy atom. The van der Waals surface area contributed by atoms with E-state index in [9.17, 15) is 9.59 Å². The summed E-state index contributed by atoms with van der Waals surface area (Å²) < 4.78 is 9.52. The number of piperidine rings is 1. The molecule has 1 aromatic heterocycles. The standard InChI is InChI=1S/C17H19N5O3S/c1-21-10-17(25-16(21)24)8-5-9-22(11-17)15(23)18-14-13(19-20-26-14)12-6-3-2-4-7-12/h2-4,6-7H,5,8-11H2,1H3,(H,18,23)/t17-/m1/s1. The third kappa shape index (κ3) is 3.10. The van der Waals surface area contributed by atoms with Crippen LogP contribution in [0.15, 0.2) is 30.3 Å². The molecule has 0 radical (unpaired) electrons. The summed E-state index contributed by atoms with van der Waals surface area (Å²) in [4.78, 5) is 27.8. The predicted molar refractivity (Wildman–Crippen MR) is 97.0 cm³/mol. The maximum absolute atomic E-state index is 12.8. The van der Waals surface area contributed by atoms with Gasteiger partial charge in [0.05, 0.1) is 13.1 Å². The number of hydrogen-bond acceptors (Lipinski definition) is 6. The molecule has 1 N–H and O–H groups in total. The van der Waals surface area contributed by atoms with Crippen LogP contribution in [0.25, 0.3) is 11.3 Å². The average molecular weight is 373 g/mol. The molecule has 0 aliphatic carbocycles. The molecular weight excluding hydrogens is 354 g/mol. The summed E-state index contributed by atoms with van der Waals surface area (Å²) in [6, 6.07) is 9.39. The second-order valence-electron chi connectivity index (χ2n) is 6.68. The molecule has 2 aromatic rings. The molecule has 1 atom stereocenters. The molecule has 3 heterocycles. The van der Waals surface area contributed by atoms with Gasteiger partial charge in [-0.15, -0.1) is 5.10 Å². The molecule has 0 saturated carbocycles. The van der Waals surface area contributed by atoms with Crippen LogP contribution in [-0.4, -0.2) is 63.8 Å². The van der Waals surface area contributed by atoms with Crippen molar-refractivity contribution in [2.24, 2.45) is 0 Å². The van der Waals surface area contributed by atoms with Crippen molar-refractivity contribution in [3.8, 4) is 11.3 Å². The van der Waals surface area contributed by atoms with Gasteiger partial charge in [0.25, 0.3) is 0 Å². The SMILES string of the molecule is CN1C[C@@]2(CCCN(C(=O)Nc3snnc3-c3ccccc3)C2)OC1=O. The number of aromatic nitrogens is 2. The molecule has 2 aliphatic rings. The fourth-order valence-corrected chi connectivity index (χ4v) is 4.09. The number of ether oxygens (including phenoxy) is 1. The van der Waals surface area contributed by atoms with E-state index >= 15 is 0 Å². The van der Waals surface area contributed by atoms with Gasteiger partial charge in [0, 0.05) is 30.7 Å². The van der Waals surface area contributed by atoms with Gasteiger partial charge in [-0.05, 0) is 12.8 Å². The lowest BCUT2D eigenvalue weighted by Gasteiger charge is -2.38. The number of rotatable bonds is 2. The second kappa shape index (κ2) is 6.56. The summed E-state index contributed by atoms with van der Waals surface area (Å²) in [5.74, 6) is 0. The van der Waals surface area contributed by atoms with Crippen LogP contribution in [0.1, 0.15) is 12.8 Å². The smallest absolute Gasteiger partial charge is 0.410 e. The van der Waals surface area contributed by atoms with Crippen molar-refractivity contribution in [2.45, 2.75) is 18.4 Å². The van der Waals surface area contributed by atoms with E-state index in [4.69, 9.17) is 4.74 Å². The van der Waals surface area contributed by atoms with Crippen molar-refractivity contribution >= 4 is 28.7 Å². The first kappa shape index (κ1) is 16.8. The van der Waals surface area contributed by atoms with Crippen LogP contribution in [0, 0.1) is 0 Å². The lowest BCUT2D eigenvalue weighted by atomic mass is 9.93. The zero-order valence-electron chi connectivity index (χ0n) is 14.3. The normalized spacial score (nSPS) is 22.6. The van der Waals surface area contributed by atoms with Crippen molar-refractivity contribution in [1.82, 2.24) is 19.4 Å². The van der Waals surface area contributed by atoms with E-state index in [1.807, 2.05) is 30.3 Å². The van der Waals surface area contributed by atoms with Gasteiger partial charge < -0.3 is 14.5 Å². The molecule has 136 valence electrons. The Bertz CT molecular complexity index is 827. The first-order valence-electron chi connectivity index (χ1n) is 8.44. The molecule has 9 heteroatoms. The fraction of sp³-hybridized carbons (Fsp3) is 0.412. The van der Waals surface area contributed by atoms with Gasteiger partial charge in [-0.1, -0.05) is 34.8 Å². The Morgan fingerprint density at radius 1 is 1.31 bits per heavy atom. The molecule has 26 heavy (non-hydrogen) atoms. The summed E-state index contributed by atoms with van der Waals surface area (Å²) in [5.41, 5.74) is 0.955. The summed E-state index contributed by atoms with van der Waals surface area (Å²) in [6.45, 7) is 1.52. The minimum Gasteiger partial charge on any atom is -0.439 e. The highest BCUT2D eigenvalue weighted by Crippen LogP contribution is 2.33. The third-order valence-electron chi connectivity index (χ3n) is 4.72. The molecule has 1 aromatic carbocycles. The quantitative estimate of drug-likeness (QED) is 0.874. The number of urea groups is 1. The molecule has 0 bridgehead atoms. The number of likely N-dealkylation sites (tertiary alicyclic amines) is 1. The van der Waals surface area contributed by atoms with Crippen LogP contribution >= 0.6 is 11.5 Å². The lowest BCUT2D eigenvalue weighted by molar-refractivity contribution is 0.00498. The topological polar surface area (TPSA) is 87.7 Å². The van der Waals surface area contributed by atoms with Crippen molar-refractivity contribution < 1.29 is 14.3 Å². The monoisotopic (exact) mass is 373 g/mol. The van der Waals surface area contributed by atoms with E-state index in [1.54, 1.807) is 16.8 Å². The highest BCUT2D eigenvalue weighted by atomic mass is 32.1. The van der Waals surface area contributed by atoms with Gasteiger partial charge in [0.1, 0.15) is 16.3 Å². The average Bonchev–Trinajstić information content (AvgIpc) is 3.20. The van der Waals surface area contributed by atoms with E-state index in [-0.39, 0.29) is 12.1 Å². The fourth-order valence-electron chi connectivity index (χ4n) is 3.51. The maximum Gasteiger partial charge on any atom is 0.410 e. The van der Waals surface area contributed by atoms with Gasteiger partial charge in [-0.3, -0.25) is 5.32 Å². The largest absolute Gasteiger partial charge is 0.439 e.